The molecule has 0 saturated carbocycles. The zero-order chi connectivity index (χ0) is 6.85. The summed E-state index contributed by atoms with van der Waals surface area (Å²) in [6, 6.07) is 0. The van der Waals surface area contributed by atoms with Gasteiger partial charge in [-0.3, -0.25) is 4.99 Å². The Hall–Kier alpha value is -0.790. The standard InChI is InChI=1S/C7H12N2/c1-6-4-9(3)5-8-7(6)2/h4H,5H2,1-3H3. The van der Waals surface area contributed by atoms with E-state index < -0.39 is 0 Å². The molecule has 0 radical (unpaired) electrons. The molecular weight excluding hydrogens is 112 g/mol. The first kappa shape index (κ1) is 6.33. The topological polar surface area (TPSA) is 15.6 Å². The fourth-order valence-electron chi connectivity index (χ4n) is 0.807. The van der Waals surface area contributed by atoms with Crippen LogP contribution in [0.25, 0.3) is 0 Å². The maximum atomic E-state index is 4.27. The number of hydrogen-bond donors (Lipinski definition) is 0. The van der Waals surface area contributed by atoms with Gasteiger partial charge in [-0.05, 0) is 19.4 Å². The van der Waals surface area contributed by atoms with Gasteiger partial charge in [0, 0.05) is 19.0 Å². The van der Waals surface area contributed by atoms with Gasteiger partial charge in [-0.1, -0.05) is 0 Å². The molecule has 50 valence electrons. The van der Waals surface area contributed by atoms with Gasteiger partial charge in [0.1, 0.15) is 6.67 Å². The summed E-state index contributed by atoms with van der Waals surface area (Å²) in [4.78, 5) is 6.34. The summed E-state index contributed by atoms with van der Waals surface area (Å²) in [5, 5.41) is 0. The van der Waals surface area contributed by atoms with Crippen LogP contribution in [0.3, 0.4) is 0 Å². The normalized spacial score (nSPS) is 19.2. The van der Waals surface area contributed by atoms with Crippen molar-refractivity contribution in [2.75, 3.05) is 13.7 Å². The van der Waals surface area contributed by atoms with E-state index in [0.717, 1.165) is 12.4 Å². The Morgan fingerprint density at radius 3 is 2.67 bits per heavy atom. The molecule has 0 aliphatic carbocycles. The molecule has 2 nitrogen and oxygen atoms in total. The van der Waals surface area contributed by atoms with Gasteiger partial charge in [0.2, 0.25) is 0 Å². The minimum atomic E-state index is 0.809. The third-order valence-corrected chi connectivity index (χ3v) is 1.52. The summed E-state index contributed by atoms with van der Waals surface area (Å²) in [7, 11) is 2.03. The summed E-state index contributed by atoms with van der Waals surface area (Å²) >= 11 is 0. The lowest BCUT2D eigenvalue weighted by molar-refractivity contribution is 0.464. The summed E-state index contributed by atoms with van der Waals surface area (Å²) < 4.78 is 0. The van der Waals surface area contributed by atoms with Crippen LogP contribution < -0.4 is 0 Å². The van der Waals surface area contributed by atoms with E-state index in [1.807, 2.05) is 14.0 Å². The van der Waals surface area contributed by atoms with E-state index in [1.54, 1.807) is 0 Å². The van der Waals surface area contributed by atoms with Crippen LogP contribution in [0, 0.1) is 0 Å². The second-order valence-corrected chi connectivity index (χ2v) is 2.45. The fourth-order valence-corrected chi connectivity index (χ4v) is 0.807. The van der Waals surface area contributed by atoms with Gasteiger partial charge in [0.25, 0.3) is 0 Å². The van der Waals surface area contributed by atoms with Crippen molar-refractivity contribution < 1.29 is 0 Å². The number of rotatable bonds is 0. The molecule has 0 aromatic rings. The summed E-state index contributed by atoms with van der Waals surface area (Å²) in [6.45, 7) is 4.93. The molecule has 0 saturated heterocycles. The van der Waals surface area contributed by atoms with E-state index in [2.05, 4.69) is 23.0 Å². The Morgan fingerprint density at radius 1 is 1.56 bits per heavy atom. The molecule has 0 aromatic carbocycles. The lowest BCUT2D eigenvalue weighted by Crippen LogP contribution is -2.18. The average Bonchev–Trinajstić information content (AvgIpc) is 1.80. The average molecular weight is 124 g/mol. The smallest absolute Gasteiger partial charge is 0.109 e. The predicted octanol–water partition coefficient (Wildman–Crippen LogP) is 1.25. The van der Waals surface area contributed by atoms with Crippen molar-refractivity contribution in [3.8, 4) is 0 Å². The van der Waals surface area contributed by atoms with Crippen molar-refractivity contribution in [3.63, 3.8) is 0 Å². The predicted molar refractivity (Wildman–Crippen MR) is 39.5 cm³/mol. The monoisotopic (exact) mass is 124 g/mol. The van der Waals surface area contributed by atoms with Crippen molar-refractivity contribution >= 4 is 5.71 Å². The van der Waals surface area contributed by atoms with Crippen LogP contribution in [0.1, 0.15) is 13.8 Å². The molecule has 0 fully saturated rings. The molecule has 0 spiro atoms. The number of allylic oxidation sites excluding steroid dienone is 1. The Balaban J connectivity index is 2.75. The minimum absolute atomic E-state index is 0.809. The van der Waals surface area contributed by atoms with Crippen LogP contribution in [0.2, 0.25) is 0 Å². The lowest BCUT2D eigenvalue weighted by atomic mass is 10.2. The van der Waals surface area contributed by atoms with Crippen molar-refractivity contribution in [1.82, 2.24) is 4.90 Å². The van der Waals surface area contributed by atoms with Gasteiger partial charge in [0.05, 0.1) is 0 Å². The van der Waals surface area contributed by atoms with Crippen molar-refractivity contribution in [2.24, 2.45) is 4.99 Å². The van der Waals surface area contributed by atoms with Gasteiger partial charge in [-0.15, -0.1) is 0 Å². The molecule has 9 heavy (non-hydrogen) atoms. The Kier molecular flexibility index (Phi) is 1.56. The van der Waals surface area contributed by atoms with Gasteiger partial charge >= 0.3 is 0 Å². The van der Waals surface area contributed by atoms with E-state index in [1.165, 1.54) is 5.57 Å². The molecule has 1 rings (SSSR count). The van der Waals surface area contributed by atoms with Gasteiger partial charge in [-0.2, -0.15) is 0 Å². The van der Waals surface area contributed by atoms with Crippen LogP contribution in [0.4, 0.5) is 0 Å². The molecule has 0 bridgehead atoms. The van der Waals surface area contributed by atoms with E-state index in [-0.39, 0.29) is 0 Å². The van der Waals surface area contributed by atoms with Crippen LogP contribution >= 0.6 is 0 Å². The highest BCUT2D eigenvalue weighted by atomic mass is 15.2. The number of nitrogens with zero attached hydrogens (tertiary/aromatic N) is 2. The largest absolute Gasteiger partial charge is 0.361 e. The fraction of sp³-hybridized carbons (Fsp3) is 0.571. The van der Waals surface area contributed by atoms with Crippen molar-refractivity contribution in [2.45, 2.75) is 13.8 Å². The number of hydrogen-bond acceptors (Lipinski definition) is 2. The second kappa shape index (κ2) is 2.21. The number of aliphatic imine (C=N–C) groups is 1. The molecule has 1 heterocycles. The quantitative estimate of drug-likeness (QED) is 0.474. The molecule has 1 aliphatic heterocycles. The Labute approximate surface area is 55.9 Å². The Morgan fingerprint density at radius 2 is 2.22 bits per heavy atom. The molecular formula is C7H12N2. The maximum absolute atomic E-state index is 4.27. The molecule has 0 aromatic heterocycles. The molecule has 0 amide bonds. The molecule has 1 aliphatic rings. The summed E-state index contributed by atoms with van der Waals surface area (Å²) in [5.74, 6) is 0. The summed E-state index contributed by atoms with van der Waals surface area (Å²) in [6.07, 6.45) is 2.11. The van der Waals surface area contributed by atoms with E-state index >= 15 is 0 Å². The zero-order valence-electron chi connectivity index (χ0n) is 6.18. The van der Waals surface area contributed by atoms with E-state index in [4.69, 9.17) is 0 Å². The molecule has 0 N–H and O–H groups in total. The highest BCUT2D eigenvalue weighted by Crippen LogP contribution is 2.04. The lowest BCUT2D eigenvalue weighted by Gasteiger charge is -2.17. The molecule has 2 heteroatoms. The van der Waals surface area contributed by atoms with Crippen molar-refractivity contribution in [3.05, 3.63) is 11.8 Å². The maximum Gasteiger partial charge on any atom is 0.109 e. The molecule has 0 unspecified atom stereocenters. The first-order valence-electron chi connectivity index (χ1n) is 3.10. The van der Waals surface area contributed by atoms with Gasteiger partial charge in [0.15, 0.2) is 0 Å². The van der Waals surface area contributed by atoms with Crippen LogP contribution in [0.5, 0.6) is 0 Å². The third-order valence-electron chi connectivity index (χ3n) is 1.52. The Bertz CT molecular complexity index is 168. The first-order valence-corrected chi connectivity index (χ1v) is 3.10. The SMILES string of the molecule is CC1=CN(C)CN=C1C. The molecule has 0 atom stereocenters. The highest BCUT2D eigenvalue weighted by Gasteiger charge is 2.01. The van der Waals surface area contributed by atoms with Gasteiger partial charge < -0.3 is 4.90 Å². The third kappa shape index (κ3) is 1.31. The highest BCUT2D eigenvalue weighted by molar-refractivity contribution is 5.97. The van der Waals surface area contributed by atoms with E-state index in [0.29, 0.717) is 0 Å². The minimum Gasteiger partial charge on any atom is -0.361 e. The summed E-state index contributed by atoms with van der Waals surface area (Å²) in [5.41, 5.74) is 2.43. The van der Waals surface area contributed by atoms with Crippen LogP contribution in [0.15, 0.2) is 16.8 Å². The van der Waals surface area contributed by atoms with Crippen LogP contribution in [-0.2, 0) is 0 Å². The van der Waals surface area contributed by atoms with Crippen molar-refractivity contribution in [1.29, 1.82) is 0 Å². The van der Waals surface area contributed by atoms with E-state index in [9.17, 15) is 0 Å². The first-order chi connectivity index (χ1) is 4.20. The zero-order valence-corrected chi connectivity index (χ0v) is 6.18. The van der Waals surface area contributed by atoms with Crippen LogP contribution in [-0.4, -0.2) is 24.3 Å². The second-order valence-electron chi connectivity index (χ2n) is 2.45. The van der Waals surface area contributed by atoms with Gasteiger partial charge in [-0.25, -0.2) is 0 Å².